The van der Waals surface area contributed by atoms with Gasteiger partial charge in [0, 0.05) is 35.9 Å². The molecule has 0 saturated heterocycles. The molecule has 40 heavy (non-hydrogen) atoms. The van der Waals surface area contributed by atoms with Crippen LogP contribution in [-0.4, -0.2) is 53.5 Å². The highest BCUT2D eigenvalue weighted by Gasteiger charge is 2.41. The lowest BCUT2D eigenvalue weighted by Crippen LogP contribution is -2.54. The molecule has 1 aliphatic heterocycles. The molecule has 3 aromatic rings. The first-order valence-electron chi connectivity index (χ1n) is 12.9. The second kappa shape index (κ2) is 11.9. The Balaban J connectivity index is 1.65. The Bertz CT molecular complexity index is 1520. The first kappa shape index (κ1) is 29.5. The van der Waals surface area contributed by atoms with Crippen molar-refractivity contribution in [2.24, 2.45) is 0 Å². The van der Waals surface area contributed by atoms with Gasteiger partial charge in [0.1, 0.15) is 10.9 Å². The first-order valence-corrected chi connectivity index (χ1v) is 15.2. The number of rotatable bonds is 9. The molecule has 0 aliphatic carbocycles. The Morgan fingerprint density at radius 1 is 0.950 bits per heavy atom. The van der Waals surface area contributed by atoms with Gasteiger partial charge >= 0.3 is 0 Å². The molecule has 1 aliphatic rings. The monoisotopic (exact) mass is 625 g/mol. The zero-order valence-electron chi connectivity index (χ0n) is 22.6. The summed E-state index contributed by atoms with van der Waals surface area (Å²) < 4.78 is 27.7. The lowest BCUT2D eigenvalue weighted by molar-refractivity contribution is -0.142. The second-order valence-corrected chi connectivity index (χ2v) is 13.5. The summed E-state index contributed by atoms with van der Waals surface area (Å²) in [5, 5.41) is 3.00. The number of halogens is 1. The number of fused-ring (bicyclic) bond motifs is 1. The molecule has 4 rings (SSSR count). The van der Waals surface area contributed by atoms with Crippen LogP contribution < -0.4 is 5.32 Å². The van der Waals surface area contributed by atoms with Crippen molar-refractivity contribution in [2.75, 3.05) is 6.54 Å². The average molecular weight is 627 g/mol. The van der Waals surface area contributed by atoms with E-state index in [0.29, 0.717) is 0 Å². The maximum Gasteiger partial charge on any atom is 0.269 e. The van der Waals surface area contributed by atoms with Gasteiger partial charge in [-0.2, -0.15) is 0 Å². The van der Waals surface area contributed by atoms with Gasteiger partial charge in [0.05, 0.1) is 5.56 Å². The topological polar surface area (TPSA) is 104 Å². The number of carbonyl (C=O) groups excluding carboxylic acids is 3. The van der Waals surface area contributed by atoms with Crippen LogP contribution >= 0.6 is 15.9 Å². The molecule has 0 fully saturated rings. The Hall–Kier alpha value is -3.50. The number of benzene rings is 3. The molecular weight excluding hydrogens is 594 g/mol. The van der Waals surface area contributed by atoms with Crippen LogP contribution in [0.4, 0.5) is 0 Å². The molecule has 8 nitrogen and oxygen atoms in total. The number of nitrogens with one attached hydrogen (secondary N) is 1. The van der Waals surface area contributed by atoms with Crippen molar-refractivity contribution in [1.82, 2.24) is 14.5 Å². The lowest BCUT2D eigenvalue weighted by atomic mass is 10.0. The van der Waals surface area contributed by atoms with Gasteiger partial charge in [0.25, 0.3) is 15.9 Å². The highest BCUT2D eigenvalue weighted by molar-refractivity contribution is 9.10. The molecule has 10 heteroatoms. The number of sulfonamides is 1. The number of hydrogen-bond acceptors (Lipinski definition) is 5. The van der Waals surface area contributed by atoms with E-state index in [4.69, 9.17) is 0 Å². The molecule has 3 amide bonds. The molecule has 3 aromatic carbocycles. The molecular formula is C30H32BrN3O5S. The number of nitrogens with zero attached hydrogens (tertiary/aromatic N) is 2. The van der Waals surface area contributed by atoms with Crippen molar-refractivity contribution in [1.29, 1.82) is 0 Å². The third-order valence-electron chi connectivity index (χ3n) is 6.45. The summed E-state index contributed by atoms with van der Waals surface area (Å²) >= 11 is 3.46. The Morgan fingerprint density at radius 3 is 2.25 bits per heavy atom. The van der Waals surface area contributed by atoms with Crippen LogP contribution in [0.5, 0.6) is 0 Å². The molecule has 1 unspecified atom stereocenters. The van der Waals surface area contributed by atoms with E-state index in [1.54, 1.807) is 12.1 Å². The van der Waals surface area contributed by atoms with Crippen LogP contribution in [0, 0.1) is 0 Å². The normalized spacial score (nSPS) is 14.9. The summed E-state index contributed by atoms with van der Waals surface area (Å²) in [4.78, 5) is 41.9. The van der Waals surface area contributed by atoms with E-state index in [1.165, 1.54) is 17.0 Å². The van der Waals surface area contributed by atoms with Gasteiger partial charge in [0.15, 0.2) is 0 Å². The maximum absolute atomic E-state index is 13.9. The smallest absolute Gasteiger partial charge is 0.269 e. The zero-order valence-corrected chi connectivity index (χ0v) is 25.0. The van der Waals surface area contributed by atoms with E-state index >= 15 is 0 Å². The van der Waals surface area contributed by atoms with Gasteiger partial charge in [-0.3, -0.25) is 14.4 Å². The average Bonchev–Trinajstić information content (AvgIpc) is 3.09. The molecule has 0 bridgehead atoms. The van der Waals surface area contributed by atoms with Crippen LogP contribution in [0.2, 0.25) is 0 Å². The SMILES string of the molecule is CC(C)(C)NC(=O)C(Cc1ccccc1)N(Cc1cccc(Br)c1)C(=O)CCN1C(=O)c2ccccc2S1(=O)=O. The van der Waals surface area contributed by atoms with Crippen molar-refractivity contribution in [3.05, 3.63) is 100 Å². The van der Waals surface area contributed by atoms with Crippen LogP contribution in [-0.2, 0) is 32.6 Å². The maximum atomic E-state index is 13.9. The van der Waals surface area contributed by atoms with E-state index in [2.05, 4.69) is 21.2 Å². The number of amides is 3. The van der Waals surface area contributed by atoms with Crippen molar-refractivity contribution in [2.45, 2.75) is 56.6 Å². The van der Waals surface area contributed by atoms with Crippen molar-refractivity contribution < 1.29 is 22.8 Å². The predicted molar refractivity (Wildman–Crippen MR) is 156 cm³/mol. The zero-order chi connectivity index (χ0) is 29.1. The molecule has 0 saturated carbocycles. The van der Waals surface area contributed by atoms with Crippen LogP contribution in [0.3, 0.4) is 0 Å². The Labute approximate surface area is 243 Å². The van der Waals surface area contributed by atoms with E-state index in [1.807, 2.05) is 75.4 Å². The highest BCUT2D eigenvalue weighted by Crippen LogP contribution is 2.30. The van der Waals surface area contributed by atoms with Gasteiger partial charge in [-0.1, -0.05) is 70.5 Å². The molecule has 1 heterocycles. The fraction of sp³-hybridized carbons (Fsp3) is 0.300. The minimum atomic E-state index is -4.06. The van der Waals surface area contributed by atoms with Crippen LogP contribution in [0.1, 0.15) is 48.7 Å². The van der Waals surface area contributed by atoms with E-state index in [0.717, 1.165) is 19.9 Å². The molecule has 210 valence electrons. The standard InChI is InChI=1S/C30H32BrN3O5S/c1-30(2,3)32-28(36)25(19-21-10-5-4-6-11-21)33(20-22-12-9-13-23(31)18-22)27(35)16-17-34-29(37)24-14-7-8-15-26(24)40(34,38)39/h4-15,18,25H,16-17,19-20H2,1-3H3,(H,32,36). The van der Waals surface area contributed by atoms with Gasteiger partial charge in [-0.25, -0.2) is 12.7 Å². The fourth-order valence-corrected chi connectivity index (χ4v) is 6.65. The molecule has 0 aromatic heterocycles. The fourth-order valence-electron chi connectivity index (χ4n) is 4.63. The van der Waals surface area contributed by atoms with E-state index in [9.17, 15) is 22.8 Å². The first-order chi connectivity index (χ1) is 18.9. The number of hydrogen-bond donors (Lipinski definition) is 1. The summed E-state index contributed by atoms with van der Waals surface area (Å²) in [5.41, 5.74) is 1.21. The van der Waals surface area contributed by atoms with Gasteiger partial charge < -0.3 is 10.2 Å². The van der Waals surface area contributed by atoms with Crippen LogP contribution in [0.25, 0.3) is 0 Å². The third kappa shape index (κ3) is 6.79. The van der Waals surface area contributed by atoms with E-state index < -0.39 is 33.4 Å². The summed E-state index contributed by atoms with van der Waals surface area (Å²) in [6.45, 7) is 5.39. The molecule has 1 atom stereocenters. The third-order valence-corrected chi connectivity index (χ3v) is 8.79. The largest absolute Gasteiger partial charge is 0.350 e. The second-order valence-electron chi connectivity index (χ2n) is 10.7. The Kier molecular flexibility index (Phi) is 8.80. The van der Waals surface area contributed by atoms with Crippen molar-refractivity contribution >= 4 is 43.7 Å². The predicted octanol–water partition coefficient (Wildman–Crippen LogP) is 4.54. The number of carbonyl (C=O) groups is 3. The molecule has 1 N–H and O–H groups in total. The summed E-state index contributed by atoms with van der Waals surface area (Å²) in [6, 6.07) is 22.0. The molecule has 0 spiro atoms. The highest BCUT2D eigenvalue weighted by atomic mass is 79.9. The lowest BCUT2D eigenvalue weighted by Gasteiger charge is -2.34. The minimum absolute atomic E-state index is 0.0649. The quantitative estimate of drug-likeness (QED) is 0.376. The van der Waals surface area contributed by atoms with Gasteiger partial charge in [-0.05, 0) is 56.2 Å². The van der Waals surface area contributed by atoms with Crippen molar-refractivity contribution in [3.63, 3.8) is 0 Å². The summed E-state index contributed by atoms with van der Waals surface area (Å²) in [7, 11) is -4.06. The van der Waals surface area contributed by atoms with Gasteiger partial charge in [-0.15, -0.1) is 0 Å². The minimum Gasteiger partial charge on any atom is -0.350 e. The molecule has 0 radical (unpaired) electrons. The van der Waals surface area contributed by atoms with Crippen molar-refractivity contribution in [3.8, 4) is 0 Å². The van der Waals surface area contributed by atoms with Crippen LogP contribution in [0.15, 0.2) is 88.2 Å². The van der Waals surface area contributed by atoms with E-state index in [-0.39, 0.29) is 42.3 Å². The summed E-state index contributed by atoms with van der Waals surface area (Å²) in [6.07, 6.45) is -0.0179. The summed E-state index contributed by atoms with van der Waals surface area (Å²) in [5.74, 6) is -1.42. The van der Waals surface area contributed by atoms with Gasteiger partial charge in [0.2, 0.25) is 11.8 Å². The Morgan fingerprint density at radius 2 is 1.60 bits per heavy atom.